The van der Waals surface area contributed by atoms with Crippen LogP contribution in [0.5, 0.6) is 0 Å². The number of nitrogens with zero attached hydrogens (tertiary/aromatic N) is 1. The lowest BCUT2D eigenvalue weighted by Crippen LogP contribution is -2.28. The minimum atomic E-state index is -0.0297. The second-order valence-corrected chi connectivity index (χ2v) is 4.06. The quantitative estimate of drug-likeness (QED) is 0.817. The first-order valence-electron chi connectivity index (χ1n) is 5.57. The first-order chi connectivity index (χ1) is 8.17. The lowest BCUT2D eigenvalue weighted by atomic mass is 10.2. The second-order valence-electron chi connectivity index (χ2n) is 3.62. The van der Waals surface area contributed by atoms with Crippen LogP contribution in [0.25, 0.3) is 0 Å². The van der Waals surface area contributed by atoms with E-state index in [-0.39, 0.29) is 5.91 Å². The van der Waals surface area contributed by atoms with E-state index < -0.39 is 0 Å². The molecule has 0 aliphatic carbocycles. The molecule has 1 aromatic rings. The lowest BCUT2D eigenvalue weighted by Gasteiger charge is -2.19. The van der Waals surface area contributed by atoms with E-state index in [1.807, 2.05) is 31.2 Å². The van der Waals surface area contributed by atoms with Crippen LogP contribution in [0.15, 0.2) is 36.4 Å². The first-order valence-corrected chi connectivity index (χ1v) is 5.95. The maximum absolute atomic E-state index is 11.8. The molecule has 0 saturated carbocycles. The van der Waals surface area contributed by atoms with Gasteiger partial charge in [-0.15, -0.1) is 0 Å². The average Bonchev–Trinajstić information content (AvgIpc) is 2.33. The van der Waals surface area contributed by atoms with Crippen LogP contribution in [0.2, 0.25) is 5.02 Å². The summed E-state index contributed by atoms with van der Waals surface area (Å²) in [5.74, 6) is -0.0297. The molecule has 0 saturated heterocycles. The molecule has 92 valence electrons. The van der Waals surface area contributed by atoms with Crippen LogP contribution in [-0.2, 0) is 11.3 Å². The van der Waals surface area contributed by atoms with Gasteiger partial charge in [0.2, 0.25) is 5.91 Å². The lowest BCUT2D eigenvalue weighted by molar-refractivity contribution is -0.126. The van der Waals surface area contributed by atoms with Crippen molar-refractivity contribution in [1.82, 2.24) is 4.90 Å². The Morgan fingerprint density at radius 2 is 2.29 bits per heavy atom. The van der Waals surface area contributed by atoms with Gasteiger partial charge >= 0.3 is 0 Å². The zero-order valence-electron chi connectivity index (χ0n) is 9.90. The van der Waals surface area contributed by atoms with Crippen molar-refractivity contribution in [3.63, 3.8) is 0 Å². The van der Waals surface area contributed by atoms with Gasteiger partial charge < -0.3 is 10.6 Å². The molecular weight excluding hydrogens is 236 g/mol. The van der Waals surface area contributed by atoms with Gasteiger partial charge in [-0.3, -0.25) is 4.79 Å². The van der Waals surface area contributed by atoms with E-state index in [0.29, 0.717) is 24.7 Å². The molecule has 0 spiro atoms. The largest absolute Gasteiger partial charge is 0.335 e. The smallest absolute Gasteiger partial charge is 0.246 e. The summed E-state index contributed by atoms with van der Waals surface area (Å²) in [7, 11) is 0. The molecule has 0 bridgehead atoms. The van der Waals surface area contributed by atoms with Gasteiger partial charge in [-0.05, 0) is 24.6 Å². The highest BCUT2D eigenvalue weighted by atomic mass is 35.5. The van der Waals surface area contributed by atoms with Crippen molar-refractivity contribution in [2.45, 2.75) is 13.5 Å². The fourth-order valence-electron chi connectivity index (χ4n) is 1.48. The molecule has 0 fully saturated rings. The molecule has 0 unspecified atom stereocenters. The van der Waals surface area contributed by atoms with Crippen molar-refractivity contribution in [3.05, 3.63) is 47.0 Å². The zero-order chi connectivity index (χ0) is 12.7. The highest BCUT2D eigenvalue weighted by Crippen LogP contribution is 2.12. The van der Waals surface area contributed by atoms with Crippen molar-refractivity contribution >= 4 is 17.5 Å². The number of nitrogens with two attached hydrogens (primary N) is 1. The fourth-order valence-corrected chi connectivity index (χ4v) is 1.69. The SMILES string of the molecule is CCN(Cc1cccc(Cl)c1)C(=O)/C=C/CN. The Morgan fingerprint density at radius 3 is 2.88 bits per heavy atom. The minimum Gasteiger partial charge on any atom is -0.335 e. The second kappa shape index (κ2) is 7.09. The highest BCUT2D eigenvalue weighted by molar-refractivity contribution is 6.30. The standard InChI is InChI=1S/C13H17ClN2O/c1-2-16(13(17)7-4-8-15)10-11-5-3-6-12(14)9-11/h3-7,9H,2,8,10,15H2,1H3/b7-4+. The number of carbonyl (C=O) groups excluding carboxylic acids is 1. The molecule has 1 aromatic carbocycles. The summed E-state index contributed by atoms with van der Waals surface area (Å²) in [6.07, 6.45) is 3.16. The van der Waals surface area contributed by atoms with Crippen LogP contribution in [0.1, 0.15) is 12.5 Å². The van der Waals surface area contributed by atoms with E-state index >= 15 is 0 Å². The van der Waals surface area contributed by atoms with Gasteiger partial charge in [-0.1, -0.05) is 29.8 Å². The molecule has 3 nitrogen and oxygen atoms in total. The summed E-state index contributed by atoms with van der Waals surface area (Å²) in [4.78, 5) is 13.5. The van der Waals surface area contributed by atoms with E-state index in [9.17, 15) is 4.79 Å². The van der Waals surface area contributed by atoms with Gasteiger partial charge in [0.25, 0.3) is 0 Å². The van der Waals surface area contributed by atoms with Gasteiger partial charge in [-0.2, -0.15) is 0 Å². The molecule has 1 rings (SSSR count). The fraction of sp³-hybridized carbons (Fsp3) is 0.308. The van der Waals surface area contributed by atoms with Gasteiger partial charge in [0.1, 0.15) is 0 Å². The molecule has 0 aliphatic heterocycles. The van der Waals surface area contributed by atoms with Crippen molar-refractivity contribution in [3.8, 4) is 0 Å². The number of halogens is 1. The maximum Gasteiger partial charge on any atom is 0.246 e. The van der Waals surface area contributed by atoms with Gasteiger partial charge in [0.05, 0.1) is 0 Å². The molecule has 0 radical (unpaired) electrons. The number of hydrogen-bond donors (Lipinski definition) is 1. The van der Waals surface area contributed by atoms with Crippen molar-refractivity contribution in [2.24, 2.45) is 5.73 Å². The summed E-state index contributed by atoms with van der Waals surface area (Å²) in [6.45, 7) is 3.53. The molecule has 17 heavy (non-hydrogen) atoms. The Morgan fingerprint density at radius 1 is 1.53 bits per heavy atom. The Kier molecular flexibility index (Phi) is 5.73. The van der Waals surface area contributed by atoms with E-state index in [0.717, 1.165) is 5.56 Å². The Labute approximate surface area is 107 Å². The van der Waals surface area contributed by atoms with E-state index in [1.54, 1.807) is 11.0 Å². The summed E-state index contributed by atoms with van der Waals surface area (Å²) >= 11 is 5.90. The predicted molar refractivity (Wildman–Crippen MR) is 70.7 cm³/mol. The molecule has 4 heteroatoms. The van der Waals surface area contributed by atoms with Crippen molar-refractivity contribution in [2.75, 3.05) is 13.1 Å². The Hall–Kier alpha value is -1.32. The Balaban J connectivity index is 2.70. The third-order valence-corrected chi connectivity index (χ3v) is 2.59. The molecular formula is C13H17ClN2O. The molecule has 1 amide bonds. The predicted octanol–water partition coefficient (Wildman–Crippen LogP) is 2.20. The van der Waals surface area contributed by atoms with Crippen LogP contribution in [0.4, 0.5) is 0 Å². The topological polar surface area (TPSA) is 46.3 Å². The third-order valence-electron chi connectivity index (χ3n) is 2.35. The van der Waals surface area contributed by atoms with Crippen LogP contribution < -0.4 is 5.73 Å². The highest BCUT2D eigenvalue weighted by Gasteiger charge is 2.08. The van der Waals surface area contributed by atoms with E-state index in [2.05, 4.69) is 0 Å². The number of carbonyl (C=O) groups is 1. The molecule has 0 heterocycles. The van der Waals surface area contributed by atoms with Gasteiger partial charge in [-0.25, -0.2) is 0 Å². The monoisotopic (exact) mass is 252 g/mol. The van der Waals surface area contributed by atoms with Crippen molar-refractivity contribution in [1.29, 1.82) is 0 Å². The maximum atomic E-state index is 11.8. The number of benzene rings is 1. The van der Waals surface area contributed by atoms with Gasteiger partial charge in [0, 0.05) is 30.7 Å². The Bertz CT molecular complexity index is 404. The number of likely N-dealkylation sites (N-methyl/N-ethyl adjacent to an activating group) is 1. The molecule has 2 N–H and O–H groups in total. The first kappa shape index (κ1) is 13.7. The molecule has 0 aliphatic rings. The van der Waals surface area contributed by atoms with Crippen LogP contribution in [-0.4, -0.2) is 23.9 Å². The normalized spacial score (nSPS) is 10.8. The van der Waals surface area contributed by atoms with Crippen LogP contribution in [0.3, 0.4) is 0 Å². The van der Waals surface area contributed by atoms with Crippen molar-refractivity contribution < 1.29 is 4.79 Å². The summed E-state index contributed by atoms with van der Waals surface area (Å²) in [6, 6.07) is 7.52. The number of amides is 1. The summed E-state index contributed by atoms with van der Waals surface area (Å²) in [5.41, 5.74) is 6.34. The van der Waals surface area contributed by atoms with Crippen LogP contribution >= 0.6 is 11.6 Å². The minimum absolute atomic E-state index is 0.0297. The number of rotatable bonds is 5. The van der Waals surface area contributed by atoms with Crippen LogP contribution in [0, 0.1) is 0 Å². The number of hydrogen-bond acceptors (Lipinski definition) is 2. The van der Waals surface area contributed by atoms with Gasteiger partial charge in [0.15, 0.2) is 0 Å². The average molecular weight is 253 g/mol. The zero-order valence-corrected chi connectivity index (χ0v) is 10.7. The third kappa shape index (κ3) is 4.59. The molecule has 0 aromatic heterocycles. The van der Waals surface area contributed by atoms with E-state index in [4.69, 9.17) is 17.3 Å². The summed E-state index contributed by atoms with van der Waals surface area (Å²) in [5, 5.41) is 0.684. The molecule has 0 atom stereocenters. The summed E-state index contributed by atoms with van der Waals surface area (Å²) < 4.78 is 0. The van der Waals surface area contributed by atoms with E-state index in [1.165, 1.54) is 6.08 Å².